The summed E-state index contributed by atoms with van der Waals surface area (Å²) in [6.45, 7) is 7.35. The van der Waals surface area contributed by atoms with Gasteiger partial charge < -0.3 is 9.80 Å². The van der Waals surface area contributed by atoms with E-state index in [-0.39, 0.29) is 5.91 Å². The zero-order valence-electron chi connectivity index (χ0n) is 14.8. The van der Waals surface area contributed by atoms with E-state index in [9.17, 15) is 4.79 Å². The van der Waals surface area contributed by atoms with E-state index < -0.39 is 0 Å². The van der Waals surface area contributed by atoms with Crippen molar-refractivity contribution in [3.63, 3.8) is 0 Å². The average Bonchev–Trinajstić information content (AvgIpc) is 3.07. The minimum atomic E-state index is 0.231. The van der Waals surface area contributed by atoms with Gasteiger partial charge >= 0.3 is 0 Å². The molecule has 0 unspecified atom stereocenters. The van der Waals surface area contributed by atoms with E-state index in [1.165, 1.54) is 16.8 Å². The molecular formula is C21H25N3O. The number of rotatable bonds is 3. The lowest BCUT2D eigenvalue weighted by atomic mass is 10.1. The molecule has 0 radical (unpaired) electrons. The number of carbonyl (C=O) groups excluding carboxylic acids is 1. The van der Waals surface area contributed by atoms with Gasteiger partial charge in [0.15, 0.2) is 0 Å². The van der Waals surface area contributed by atoms with Gasteiger partial charge in [-0.1, -0.05) is 36.4 Å². The minimum absolute atomic E-state index is 0.231. The molecular weight excluding hydrogens is 310 g/mol. The molecule has 0 atom stereocenters. The van der Waals surface area contributed by atoms with Gasteiger partial charge in [0.25, 0.3) is 0 Å². The Morgan fingerprint density at radius 3 is 2.32 bits per heavy atom. The van der Waals surface area contributed by atoms with Crippen molar-refractivity contribution in [1.82, 2.24) is 4.90 Å². The standard InChI is InChI=1S/C21H25N3O/c1-17-6-2-4-8-19(17)23-14-12-22(13-15-23)16-21(25)24-11-10-18-7-3-5-9-20(18)24/h2-9H,10-16H2,1H3. The van der Waals surface area contributed by atoms with E-state index in [1.807, 2.05) is 11.0 Å². The number of piperazine rings is 1. The summed E-state index contributed by atoms with van der Waals surface area (Å²) in [6, 6.07) is 16.8. The number of hydrogen-bond acceptors (Lipinski definition) is 3. The summed E-state index contributed by atoms with van der Waals surface area (Å²) in [7, 11) is 0. The second-order valence-electron chi connectivity index (χ2n) is 6.97. The summed E-state index contributed by atoms with van der Waals surface area (Å²) >= 11 is 0. The van der Waals surface area contributed by atoms with Gasteiger partial charge in [0.05, 0.1) is 6.54 Å². The molecule has 0 bridgehead atoms. The van der Waals surface area contributed by atoms with Crippen LogP contribution in [0.2, 0.25) is 0 Å². The molecule has 0 aromatic heterocycles. The van der Waals surface area contributed by atoms with Crippen LogP contribution in [0.1, 0.15) is 11.1 Å². The van der Waals surface area contributed by atoms with E-state index in [0.29, 0.717) is 6.54 Å². The van der Waals surface area contributed by atoms with Gasteiger partial charge in [0.1, 0.15) is 0 Å². The fourth-order valence-corrected chi connectivity index (χ4v) is 3.94. The van der Waals surface area contributed by atoms with E-state index >= 15 is 0 Å². The Balaban J connectivity index is 1.35. The van der Waals surface area contributed by atoms with Crippen LogP contribution in [0.3, 0.4) is 0 Å². The van der Waals surface area contributed by atoms with Crippen molar-refractivity contribution in [2.75, 3.05) is 49.1 Å². The second kappa shape index (κ2) is 6.89. The van der Waals surface area contributed by atoms with Crippen LogP contribution in [0, 0.1) is 6.92 Å². The number of hydrogen-bond donors (Lipinski definition) is 0. The molecule has 130 valence electrons. The van der Waals surface area contributed by atoms with Gasteiger partial charge in [-0.15, -0.1) is 0 Å². The Morgan fingerprint density at radius 1 is 0.880 bits per heavy atom. The van der Waals surface area contributed by atoms with Crippen LogP contribution < -0.4 is 9.80 Å². The number of anilines is 2. The highest BCUT2D eigenvalue weighted by Crippen LogP contribution is 2.27. The van der Waals surface area contributed by atoms with E-state index in [0.717, 1.165) is 44.8 Å². The molecule has 2 heterocycles. The molecule has 25 heavy (non-hydrogen) atoms. The molecule has 0 spiro atoms. The van der Waals surface area contributed by atoms with Gasteiger partial charge in [-0.2, -0.15) is 0 Å². The molecule has 2 aliphatic heterocycles. The Hall–Kier alpha value is -2.33. The molecule has 0 aliphatic carbocycles. The molecule has 1 fully saturated rings. The predicted octanol–water partition coefficient (Wildman–Crippen LogP) is 2.71. The number of amides is 1. The Morgan fingerprint density at radius 2 is 1.56 bits per heavy atom. The van der Waals surface area contributed by atoms with E-state index in [4.69, 9.17) is 0 Å². The van der Waals surface area contributed by atoms with Gasteiger partial charge in [-0.05, 0) is 36.6 Å². The average molecular weight is 335 g/mol. The third-order valence-electron chi connectivity index (χ3n) is 5.38. The van der Waals surface area contributed by atoms with Gasteiger partial charge in [0, 0.05) is 44.1 Å². The molecule has 2 aromatic carbocycles. The van der Waals surface area contributed by atoms with Crippen molar-refractivity contribution in [3.8, 4) is 0 Å². The molecule has 2 aliphatic rings. The molecule has 0 saturated carbocycles. The van der Waals surface area contributed by atoms with Crippen LogP contribution in [0.25, 0.3) is 0 Å². The predicted molar refractivity (Wildman–Crippen MR) is 102 cm³/mol. The normalized spacial score (nSPS) is 17.6. The lowest BCUT2D eigenvalue weighted by Crippen LogP contribution is -2.50. The van der Waals surface area contributed by atoms with Gasteiger partial charge in [-0.3, -0.25) is 9.69 Å². The number of nitrogens with zero attached hydrogens (tertiary/aromatic N) is 3. The monoisotopic (exact) mass is 335 g/mol. The fourth-order valence-electron chi connectivity index (χ4n) is 3.94. The van der Waals surface area contributed by atoms with Crippen LogP contribution >= 0.6 is 0 Å². The zero-order valence-corrected chi connectivity index (χ0v) is 14.8. The van der Waals surface area contributed by atoms with Crippen molar-refractivity contribution in [3.05, 3.63) is 59.7 Å². The third-order valence-corrected chi connectivity index (χ3v) is 5.38. The maximum absolute atomic E-state index is 12.8. The highest BCUT2D eigenvalue weighted by molar-refractivity contribution is 5.96. The maximum Gasteiger partial charge on any atom is 0.241 e. The maximum atomic E-state index is 12.8. The molecule has 1 saturated heterocycles. The SMILES string of the molecule is Cc1ccccc1N1CCN(CC(=O)N2CCc3ccccc32)CC1. The molecule has 4 heteroatoms. The van der Waals surface area contributed by atoms with Gasteiger partial charge in [-0.25, -0.2) is 0 Å². The first kappa shape index (κ1) is 16.2. The summed E-state index contributed by atoms with van der Waals surface area (Å²) in [4.78, 5) is 19.4. The molecule has 2 aromatic rings. The quantitative estimate of drug-likeness (QED) is 0.863. The second-order valence-corrected chi connectivity index (χ2v) is 6.97. The summed E-state index contributed by atoms with van der Waals surface area (Å²) in [6.07, 6.45) is 0.975. The van der Waals surface area contributed by atoms with Crippen molar-refractivity contribution >= 4 is 17.3 Å². The van der Waals surface area contributed by atoms with Crippen molar-refractivity contribution in [2.45, 2.75) is 13.3 Å². The van der Waals surface area contributed by atoms with Crippen molar-refractivity contribution < 1.29 is 4.79 Å². The Labute approximate surface area is 149 Å². The summed E-state index contributed by atoms with van der Waals surface area (Å²) in [5, 5.41) is 0. The van der Waals surface area contributed by atoms with Crippen LogP contribution in [-0.2, 0) is 11.2 Å². The highest BCUT2D eigenvalue weighted by atomic mass is 16.2. The Kier molecular flexibility index (Phi) is 4.45. The first-order chi connectivity index (χ1) is 12.2. The lowest BCUT2D eigenvalue weighted by Gasteiger charge is -2.37. The lowest BCUT2D eigenvalue weighted by molar-refractivity contribution is -0.119. The third kappa shape index (κ3) is 3.27. The highest BCUT2D eigenvalue weighted by Gasteiger charge is 2.27. The fraction of sp³-hybridized carbons (Fsp3) is 0.381. The van der Waals surface area contributed by atoms with Crippen LogP contribution in [0.5, 0.6) is 0 Å². The Bertz CT molecular complexity index is 765. The first-order valence-electron chi connectivity index (χ1n) is 9.13. The number of carbonyl (C=O) groups is 1. The van der Waals surface area contributed by atoms with Crippen LogP contribution in [0.15, 0.2) is 48.5 Å². The summed E-state index contributed by atoms with van der Waals surface area (Å²) in [5.74, 6) is 0.231. The summed E-state index contributed by atoms with van der Waals surface area (Å²) < 4.78 is 0. The van der Waals surface area contributed by atoms with Crippen molar-refractivity contribution in [2.24, 2.45) is 0 Å². The number of fused-ring (bicyclic) bond motifs is 1. The number of benzene rings is 2. The van der Waals surface area contributed by atoms with Gasteiger partial charge in [0.2, 0.25) is 5.91 Å². The first-order valence-corrected chi connectivity index (χ1v) is 9.13. The molecule has 0 N–H and O–H groups in total. The van der Waals surface area contributed by atoms with Crippen LogP contribution in [-0.4, -0.2) is 50.1 Å². The van der Waals surface area contributed by atoms with E-state index in [1.54, 1.807) is 0 Å². The smallest absolute Gasteiger partial charge is 0.241 e. The van der Waals surface area contributed by atoms with E-state index in [2.05, 4.69) is 59.2 Å². The molecule has 4 rings (SSSR count). The topological polar surface area (TPSA) is 26.8 Å². The largest absolute Gasteiger partial charge is 0.369 e. The summed E-state index contributed by atoms with van der Waals surface area (Å²) in [5.41, 5.74) is 5.04. The minimum Gasteiger partial charge on any atom is -0.369 e. The van der Waals surface area contributed by atoms with Crippen LogP contribution in [0.4, 0.5) is 11.4 Å². The molecule has 4 nitrogen and oxygen atoms in total. The van der Waals surface area contributed by atoms with Crippen molar-refractivity contribution in [1.29, 1.82) is 0 Å². The number of aryl methyl sites for hydroxylation is 1. The molecule has 1 amide bonds. The number of para-hydroxylation sites is 2. The zero-order chi connectivity index (χ0) is 17.2.